The number of hydrogen-bond donors (Lipinski definition) is 1. The number of thioether (sulfide) groups is 1. The number of hydrogen-bond acceptors (Lipinski definition) is 4. The molecular formula is C16H23NO3S. The average Bonchev–Trinajstić information content (AvgIpc) is 2.35. The summed E-state index contributed by atoms with van der Waals surface area (Å²) in [6.45, 7) is 9.03. The highest BCUT2D eigenvalue weighted by Crippen LogP contribution is 2.21. The van der Waals surface area contributed by atoms with E-state index in [1.807, 2.05) is 31.2 Å². The lowest BCUT2D eigenvalue weighted by Crippen LogP contribution is -2.42. The number of carbonyl (C=O) groups is 2. The lowest BCUT2D eigenvalue weighted by molar-refractivity contribution is -0.157. The molecule has 0 aliphatic rings. The first-order chi connectivity index (χ1) is 9.69. The van der Waals surface area contributed by atoms with Gasteiger partial charge < -0.3 is 10.1 Å². The lowest BCUT2D eigenvalue weighted by Gasteiger charge is -2.22. The van der Waals surface area contributed by atoms with Crippen molar-refractivity contribution in [2.75, 3.05) is 5.75 Å². The molecule has 0 saturated heterocycles. The van der Waals surface area contributed by atoms with Crippen LogP contribution in [0.25, 0.3) is 0 Å². The molecule has 0 spiro atoms. The second-order valence-corrected chi connectivity index (χ2v) is 6.89. The van der Waals surface area contributed by atoms with Gasteiger partial charge in [0.2, 0.25) is 5.91 Å². The molecular weight excluding hydrogens is 286 g/mol. The van der Waals surface area contributed by atoms with Crippen LogP contribution in [0.15, 0.2) is 29.2 Å². The number of rotatable bonds is 5. The molecule has 0 aliphatic carbocycles. The zero-order valence-electron chi connectivity index (χ0n) is 13.2. The molecule has 0 unspecified atom stereocenters. The summed E-state index contributed by atoms with van der Waals surface area (Å²) in [6, 6.07) is 7.24. The third-order valence-corrected chi connectivity index (χ3v) is 3.77. The standard InChI is InChI=1S/C16H23NO3S/c1-11-8-6-7-9-13(11)21-10-14(18)17-12(2)15(19)20-16(3,4)5/h6-9,12H,10H2,1-5H3,(H,17,18)/t12-/m0/s1. The van der Waals surface area contributed by atoms with E-state index in [4.69, 9.17) is 4.74 Å². The summed E-state index contributed by atoms with van der Waals surface area (Å²) in [5.74, 6) is -0.323. The SMILES string of the molecule is Cc1ccccc1SCC(=O)N[C@@H](C)C(=O)OC(C)(C)C. The van der Waals surface area contributed by atoms with Gasteiger partial charge in [0.15, 0.2) is 0 Å². The highest BCUT2D eigenvalue weighted by Gasteiger charge is 2.22. The normalized spacial score (nSPS) is 12.6. The summed E-state index contributed by atoms with van der Waals surface area (Å²) in [4.78, 5) is 24.7. The number of benzene rings is 1. The molecule has 0 aliphatic heterocycles. The molecule has 1 aromatic rings. The van der Waals surface area contributed by atoms with E-state index < -0.39 is 17.6 Å². The van der Waals surface area contributed by atoms with Crippen molar-refractivity contribution in [2.45, 2.75) is 51.2 Å². The van der Waals surface area contributed by atoms with Gasteiger partial charge in [0, 0.05) is 4.90 Å². The highest BCUT2D eigenvalue weighted by molar-refractivity contribution is 8.00. The Morgan fingerprint density at radius 1 is 1.29 bits per heavy atom. The molecule has 0 radical (unpaired) electrons. The fourth-order valence-electron chi connectivity index (χ4n) is 1.59. The Kier molecular flexibility index (Phi) is 6.27. The number of amides is 1. The number of carbonyl (C=O) groups excluding carboxylic acids is 2. The van der Waals surface area contributed by atoms with Crippen molar-refractivity contribution in [1.82, 2.24) is 5.32 Å². The van der Waals surface area contributed by atoms with Crippen LogP contribution in [0.3, 0.4) is 0 Å². The van der Waals surface area contributed by atoms with Crippen molar-refractivity contribution >= 4 is 23.6 Å². The molecule has 5 heteroatoms. The molecule has 1 aromatic carbocycles. The Bertz CT molecular complexity index is 508. The van der Waals surface area contributed by atoms with Crippen LogP contribution in [0, 0.1) is 6.92 Å². The van der Waals surface area contributed by atoms with Gasteiger partial charge in [0.25, 0.3) is 0 Å². The Morgan fingerprint density at radius 2 is 1.90 bits per heavy atom. The van der Waals surface area contributed by atoms with E-state index >= 15 is 0 Å². The minimum Gasteiger partial charge on any atom is -0.458 e. The molecule has 0 aromatic heterocycles. The Hall–Kier alpha value is -1.49. The number of aryl methyl sites for hydroxylation is 1. The average molecular weight is 309 g/mol. The van der Waals surface area contributed by atoms with Crippen LogP contribution in [0.5, 0.6) is 0 Å². The summed E-state index contributed by atoms with van der Waals surface area (Å²) in [6.07, 6.45) is 0. The van der Waals surface area contributed by atoms with Crippen LogP contribution < -0.4 is 5.32 Å². The predicted molar refractivity (Wildman–Crippen MR) is 85.4 cm³/mol. The maximum atomic E-state index is 11.9. The van der Waals surface area contributed by atoms with E-state index in [-0.39, 0.29) is 11.7 Å². The first-order valence-electron chi connectivity index (χ1n) is 6.89. The number of nitrogens with one attached hydrogen (secondary N) is 1. The van der Waals surface area contributed by atoms with Gasteiger partial charge in [-0.1, -0.05) is 18.2 Å². The van der Waals surface area contributed by atoms with Crippen LogP contribution in [0.1, 0.15) is 33.3 Å². The molecule has 1 N–H and O–H groups in total. The highest BCUT2D eigenvalue weighted by atomic mass is 32.2. The van der Waals surface area contributed by atoms with Crippen molar-refractivity contribution in [2.24, 2.45) is 0 Å². The fraction of sp³-hybridized carbons (Fsp3) is 0.500. The van der Waals surface area contributed by atoms with Crippen molar-refractivity contribution in [3.05, 3.63) is 29.8 Å². The maximum Gasteiger partial charge on any atom is 0.328 e. The quantitative estimate of drug-likeness (QED) is 0.671. The minimum atomic E-state index is -0.644. The van der Waals surface area contributed by atoms with Crippen LogP contribution in [-0.4, -0.2) is 29.3 Å². The molecule has 21 heavy (non-hydrogen) atoms. The van der Waals surface area contributed by atoms with Crippen LogP contribution >= 0.6 is 11.8 Å². The first kappa shape index (κ1) is 17.6. The molecule has 1 amide bonds. The van der Waals surface area contributed by atoms with Gasteiger partial charge in [-0.2, -0.15) is 0 Å². The summed E-state index contributed by atoms with van der Waals surface area (Å²) >= 11 is 1.46. The van der Waals surface area contributed by atoms with Crippen molar-refractivity contribution in [1.29, 1.82) is 0 Å². The van der Waals surface area contributed by atoms with Gasteiger partial charge in [-0.3, -0.25) is 4.79 Å². The van der Waals surface area contributed by atoms with E-state index in [9.17, 15) is 9.59 Å². The Balaban J connectivity index is 2.43. The third-order valence-electron chi connectivity index (χ3n) is 2.59. The zero-order chi connectivity index (χ0) is 16.0. The van der Waals surface area contributed by atoms with Crippen molar-refractivity contribution in [3.63, 3.8) is 0 Å². The molecule has 1 atom stereocenters. The van der Waals surface area contributed by atoms with E-state index in [1.54, 1.807) is 27.7 Å². The predicted octanol–water partition coefficient (Wildman–Crippen LogP) is 2.93. The van der Waals surface area contributed by atoms with Gasteiger partial charge in [-0.25, -0.2) is 4.79 Å². The zero-order valence-corrected chi connectivity index (χ0v) is 14.0. The summed E-state index contributed by atoms with van der Waals surface area (Å²) in [7, 11) is 0. The molecule has 0 bridgehead atoms. The summed E-state index contributed by atoms with van der Waals surface area (Å²) < 4.78 is 5.22. The molecule has 0 fully saturated rings. The van der Waals surface area contributed by atoms with Crippen molar-refractivity contribution < 1.29 is 14.3 Å². The second kappa shape index (κ2) is 7.50. The van der Waals surface area contributed by atoms with Crippen LogP contribution in [0.4, 0.5) is 0 Å². The summed E-state index contributed by atoms with van der Waals surface area (Å²) in [5, 5.41) is 2.66. The van der Waals surface area contributed by atoms with Gasteiger partial charge >= 0.3 is 5.97 Å². The molecule has 0 heterocycles. The third kappa shape index (κ3) is 6.67. The topological polar surface area (TPSA) is 55.4 Å². The van der Waals surface area contributed by atoms with Gasteiger partial charge in [-0.05, 0) is 46.2 Å². The monoisotopic (exact) mass is 309 g/mol. The van der Waals surface area contributed by atoms with Gasteiger partial charge in [0.05, 0.1) is 5.75 Å². The van der Waals surface area contributed by atoms with Crippen LogP contribution in [-0.2, 0) is 14.3 Å². The van der Waals surface area contributed by atoms with Crippen LogP contribution in [0.2, 0.25) is 0 Å². The second-order valence-electron chi connectivity index (χ2n) is 5.88. The van der Waals surface area contributed by atoms with E-state index in [0.717, 1.165) is 10.5 Å². The summed E-state index contributed by atoms with van der Waals surface area (Å²) in [5.41, 5.74) is 0.585. The molecule has 4 nitrogen and oxygen atoms in total. The molecule has 1 rings (SSSR count). The van der Waals surface area contributed by atoms with Crippen molar-refractivity contribution in [3.8, 4) is 0 Å². The smallest absolute Gasteiger partial charge is 0.328 e. The largest absolute Gasteiger partial charge is 0.458 e. The Morgan fingerprint density at radius 3 is 2.48 bits per heavy atom. The van der Waals surface area contributed by atoms with Gasteiger partial charge in [0.1, 0.15) is 11.6 Å². The number of ether oxygens (including phenoxy) is 1. The van der Waals surface area contributed by atoms with E-state index in [0.29, 0.717) is 0 Å². The number of esters is 1. The molecule has 0 saturated carbocycles. The lowest BCUT2D eigenvalue weighted by atomic mass is 10.2. The van der Waals surface area contributed by atoms with E-state index in [2.05, 4.69) is 5.32 Å². The maximum absolute atomic E-state index is 11.9. The van der Waals surface area contributed by atoms with Gasteiger partial charge in [-0.15, -0.1) is 11.8 Å². The first-order valence-corrected chi connectivity index (χ1v) is 7.88. The Labute approximate surface area is 130 Å². The molecule has 116 valence electrons. The minimum absolute atomic E-state index is 0.179. The van der Waals surface area contributed by atoms with E-state index in [1.165, 1.54) is 11.8 Å². The fourth-order valence-corrected chi connectivity index (χ4v) is 2.43.